The van der Waals surface area contributed by atoms with Crippen LogP contribution in [0.4, 0.5) is 13.2 Å². The molecule has 1 N–H and O–H groups in total. The van der Waals surface area contributed by atoms with Crippen LogP contribution >= 0.6 is 0 Å². The molecule has 0 spiro atoms. The second kappa shape index (κ2) is 7.23. The summed E-state index contributed by atoms with van der Waals surface area (Å²) in [6, 6.07) is 10.7. The van der Waals surface area contributed by atoms with E-state index in [9.17, 15) is 13.2 Å². The summed E-state index contributed by atoms with van der Waals surface area (Å²) < 4.78 is 44.7. The van der Waals surface area contributed by atoms with Crippen LogP contribution in [0.3, 0.4) is 0 Å². The Labute approximate surface area is 148 Å². The van der Waals surface area contributed by atoms with E-state index in [2.05, 4.69) is 15.3 Å². The van der Waals surface area contributed by atoms with Gasteiger partial charge in [0.1, 0.15) is 5.75 Å². The summed E-state index contributed by atoms with van der Waals surface area (Å²) in [6.45, 7) is 2.58. The molecule has 0 fully saturated rings. The molecule has 0 saturated heterocycles. The Morgan fingerprint density at radius 3 is 2.46 bits per heavy atom. The molecular formula is C18H19F3N4O. The van der Waals surface area contributed by atoms with Gasteiger partial charge in [-0.1, -0.05) is 12.1 Å². The minimum absolute atomic E-state index is 0.419. The number of aromatic nitrogens is 4. The van der Waals surface area contributed by atoms with Crippen molar-refractivity contribution in [2.45, 2.75) is 32.5 Å². The molecule has 2 heterocycles. The maximum atomic E-state index is 12.6. The van der Waals surface area contributed by atoms with E-state index in [4.69, 9.17) is 4.74 Å². The molecule has 5 nitrogen and oxygen atoms in total. The van der Waals surface area contributed by atoms with Gasteiger partial charge in [0.25, 0.3) is 0 Å². The largest absolute Gasteiger partial charge is 0.497 e. The quantitative estimate of drug-likeness (QED) is 0.724. The van der Waals surface area contributed by atoms with Gasteiger partial charge in [-0.3, -0.25) is 9.78 Å². The molecule has 0 radical (unpaired) electrons. The number of rotatable bonds is 6. The summed E-state index contributed by atoms with van der Waals surface area (Å²) in [6.07, 6.45) is -3.47. The zero-order valence-electron chi connectivity index (χ0n) is 14.5. The third-order valence-electron chi connectivity index (χ3n) is 4.10. The number of H-pyrrole nitrogens is 1. The highest BCUT2D eigenvalue weighted by Crippen LogP contribution is 2.27. The first-order valence-electron chi connectivity index (χ1n) is 8.13. The van der Waals surface area contributed by atoms with Gasteiger partial charge in [0.2, 0.25) is 0 Å². The minimum Gasteiger partial charge on any atom is -0.497 e. The number of ether oxygens (including phenoxy) is 1. The van der Waals surface area contributed by atoms with E-state index < -0.39 is 11.9 Å². The maximum absolute atomic E-state index is 12.6. The predicted octanol–water partition coefficient (Wildman–Crippen LogP) is 3.78. The van der Waals surface area contributed by atoms with E-state index in [0.29, 0.717) is 25.1 Å². The monoisotopic (exact) mass is 364 g/mol. The minimum atomic E-state index is -4.43. The molecule has 0 aliphatic heterocycles. The Balaban J connectivity index is 1.63. The first-order valence-corrected chi connectivity index (χ1v) is 8.13. The first kappa shape index (κ1) is 18.0. The van der Waals surface area contributed by atoms with Gasteiger partial charge in [-0.2, -0.15) is 23.4 Å². The second-order valence-electron chi connectivity index (χ2n) is 6.06. The van der Waals surface area contributed by atoms with Gasteiger partial charge in [-0.15, -0.1) is 0 Å². The molecule has 0 aliphatic carbocycles. The summed E-state index contributed by atoms with van der Waals surface area (Å²) >= 11 is 0. The molecule has 0 atom stereocenters. The van der Waals surface area contributed by atoms with Crippen LogP contribution in [-0.4, -0.2) is 27.1 Å². The highest BCUT2D eigenvalue weighted by Gasteiger charge is 2.33. The third-order valence-corrected chi connectivity index (χ3v) is 4.10. The van der Waals surface area contributed by atoms with Crippen LogP contribution in [0.5, 0.6) is 5.75 Å². The van der Waals surface area contributed by atoms with E-state index in [0.717, 1.165) is 28.8 Å². The van der Waals surface area contributed by atoms with Crippen LogP contribution in [0, 0.1) is 6.92 Å². The van der Waals surface area contributed by atoms with Crippen LogP contribution in [-0.2, 0) is 25.6 Å². The van der Waals surface area contributed by atoms with Gasteiger partial charge < -0.3 is 4.74 Å². The summed E-state index contributed by atoms with van der Waals surface area (Å²) in [5.74, 6) is 0.796. The summed E-state index contributed by atoms with van der Waals surface area (Å²) in [5.41, 5.74) is 2.47. The molecule has 1 aromatic carbocycles. The highest BCUT2D eigenvalue weighted by molar-refractivity contribution is 5.27. The lowest BCUT2D eigenvalue weighted by molar-refractivity contribution is -0.141. The number of hydrogen-bond acceptors (Lipinski definition) is 3. The number of halogens is 3. The van der Waals surface area contributed by atoms with Crippen molar-refractivity contribution < 1.29 is 17.9 Å². The zero-order chi connectivity index (χ0) is 18.7. The molecule has 0 aliphatic rings. The lowest BCUT2D eigenvalue weighted by atomic mass is 10.2. The van der Waals surface area contributed by atoms with Crippen LogP contribution in [0.1, 0.15) is 28.3 Å². The van der Waals surface area contributed by atoms with Gasteiger partial charge in [0.15, 0.2) is 5.69 Å². The molecule has 3 rings (SSSR count). The van der Waals surface area contributed by atoms with Crippen molar-refractivity contribution in [3.05, 3.63) is 64.7 Å². The Kier molecular flexibility index (Phi) is 5.01. The fourth-order valence-corrected chi connectivity index (χ4v) is 2.66. The van der Waals surface area contributed by atoms with Crippen molar-refractivity contribution in [1.82, 2.24) is 20.0 Å². The third kappa shape index (κ3) is 4.25. The fourth-order valence-electron chi connectivity index (χ4n) is 2.66. The lowest BCUT2D eigenvalue weighted by Crippen LogP contribution is -2.05. The van der Waals surface area contributed by atoms with Gasteiger partial charge in [0, 0.05) is 11.4 Å². The standard InChI is InChI=1S/C18H19F3N4O/c1-12-9-15(6-5-14-10-17(23-22-14)18(19,20)21)24-25(12)11-13-3-7-16(26-2)8-4-13/h3-4,7-10H,5-6,11H2,1-2H3,(H,22,23). The number of aromatic amines is 1. The Morgan fingerprint density at radius 1 is 1.12 bits per heavy atom. The number of nitrogens with one attached hydrogen (secondary N) is 1. The molecule has 8 heteroatoms. The number of alkyl halides is 3. The van der Waals surface area contributed by atoms with E-state index in [1.807, 2.05) is 41.9 Å². The topological polar surface area (TPSA) is 55.7 Å². The summed E-state index contributed by atoms with van der Waals surface area (Å²) in [4.78, 5) is 0. The Morgan fingerprint density at radius 2 is 1.85 bits per heavy atom. The summed E-state index contributed by atoms with van der Waals surface area (Å²) in [5, 5.41) is 10.3. The smallest absolute Gasteiger partial charge is 0.435 e. The average molecular weight is 364 g/mol. The molecule has 0 saturated carbocycles. The number of methoxy groups -OCH3 is 1. The van der Waals surface area contributed by atoms with Gasteiger partial charge in [-0.25, -0.2) is 0 Å². The number of aryl methyl sites for hydroxylation is 3. The SMILES string of the molecule is COc1ccc(Cn2nc(CCc3cc(C(F)(F)F)n[nH]3)cc2C)cc1. The van der Waals surface area contributed by atoms with E-state index in [1.165, 1.54) is 0 Å². The molecular weight excluding hydrogens is 345 g/mol. The number of nitrogens with zero attached hydrogens (tertiary/aromatic N) is 3. The normalized spacial score (nSPS) is 11.7. The van der Waals surface area contributed by atoms with Crippen molar-refractivity contribution in [3.63, 3.8) is 0 Å². The molecule has 0 unspecified atom stereocenters. The first-order chi connectivity index (χ1) is 12.3. The predicted molar refractivity (Wildman–Crippen MR) is 90.1 cm³/mol. The second-order valence-corrected chi connectivity index (χ2v) is 6.06. The van der Waals surface area contributed by atoms with Crippen molar-refractivity contribution in [2.24, 2.45) is 0 Å². The van der Waals surface area contributed by atoms with Gasteiger partial charge >= 0.3 is 6.18 Å². The van der Waals surface area contributed by atoms with E-state index in [1.54, 1.807) is 7.11 Å². The van der Waals surface area contributed by atoms with Crippen LogP contribution in [0.25, 0.3) is 0 Å². The van der Waals surface area contributed by atoms with E-state index in [-0.39, 0.29) is 0 Å². The number of hydrogen-bond donors (Lipinski definition) is 1. The van der Waals surface area contributed by atoms with Crippen LogP contribution in [0.15, 0.2) is 36.4 Å². The Hall–Kier alpha value is -2.77. The van der Waals surface area contributed by atoms with Crippen molar-refractivity contribution >= 4 is 0 Å². The molecule has 0 amide bonds. The Bertz CT molecular complexity index is 865. The molecule has 2 aromatic heterocycles. The van der Waals surface area contributed by atoms with Crippen molar-refractivity contribution in [1.29, 1.82) is 0 Å². The lowest BCUT2D eigenvalue weighted by Gasteiger charge is -2.06. The van der Waals surface area contributed by atoms with Crippen LogP contribution in [0.2, 0.25) is 0 Å². The molecule has 26 heavy (non-hydrogen) atoms. The fraction of sp³-hybridized carbons (Fsp3) is 0.333. The summed E-state index contributed by atoms with van der Waals surface area (Å²) in [7, 11) is 1.62. The average Bonchev–Trinajstić information content (AvgIpc) is 3.21. The van der Waals surface area contributed by atoms with E-state index >= 15 is 0 Å². The zero-order valence-corrected chi connectivity index (χ0v) is 14.5. The van der Waals surface area contributed by atoms with Crippen LogP contribution < -0.4 is 4.74 Å². The molecule has 0 bridgehead atoms. The highest BCUT2D eigenvalue weighted by atomic mass is 19.4. The number of benzene rings is 1. The molecule has 3 aromatic rings. The molecule has 138 valence electrons. The van der Waals surface area contributed by atoms with Gasteiger partial charge in [-0.05, 0) is 49.6 Å². The van der Waals surface area contributed by atoms with Gasteiger partial charge in [0.05, 0.1) is 19.3 Å². The van der Waals surface area contributed by atoms with Crippen molar-refractivity contribution in [2.75, 3.05) is 7.11 Å². The van der Waals surface area contributed by atoms with Crippen molar-refractivity contribution in [3.8, 4) is 5.75 Å². The maximum Gasteiger partial charge on any atom is 0.435 e.